The number of amides is 2. The van der Waals surface area contributed by atoms with Gasteiger partial charge in [-0.05, 0) is 12.0 Å². The second-order valence-electron chi connectivity index (χ2n) is 8.91. The number of benzene rings is 1. The lowest BCUT2D eigenvalue weighted by atomic mass is 10.0. The number of carbonyl (C=O) groups excluding carboxylic acids is 2. The van der Waals surface area contributed by atoms with Crippen molar-refractivity contribution < 1.29 is 9.59 Å². The maximum Gasteiger partial charge on any atom is 0.240 e. The Balaban J connectivity index is 1.95. The number of rotatable bonds is 20. The first-order valence-electron chi connectivity index (χ1n) is 12.8. The molecule has 3 N–H and O–H groups in total. The fraction of sp³-hybridized carbons (Fsp3) is 0.704. The Morgan fingerprint density at radius 2 is 1.19 bits per heavy atom. The summed E-state index contributed by atoms with van der Waals surface area (Å²) in [5, 5.41) is 2.80. The third kappa shape index (κ3) is 15.6. The maximum absolute atomic E-state index is 12.2. The van der Waals surface area contributed by atoms with Gasteiger partial charge in [-0.25, -0.2) is 0 Å². The average molecular weight is 431 g/mol. The quantitative estimate of drug-likeness (QED) is 0.233. The van der Waals surface area contributed by atoms with E-state index in [1.54, 1.807) is 0 Å². The van der Waals surface area contributed by atoms with Gasteiger partial charge in [-0.3, -0.25) is 9.59 Å². The predicted molar refractivity (Wildman–Crippen MR) is 131 cm³/mol. The zero-order chi connectivity index (χ0) is 22.6. The molecule has 0 aliphatic heterocycles. The van der Waals surface area contributed by atoms with Gasteiger partial charge >= 0.3 is 0 Å². The summed E-state index contributed by atoms with van der Waals surface area (Å²) in [7, 11) is 0. The molecule has 176 valence electrons. The van der Waals surface area contributed by atoms with E-state index in [4.69, 9.17) is 5.73 Å². The van der Waals surface area contributed by atoms with E-state index >= 15 is 0 Å². The van der Waals surface area contributed by atoms with Gasteiger partial charge in [-0.1, -0.05) is 127 Å². The number of primary amides is 1. The zero-order valence-corrected chi connectivity index (χ0v) is 19.9. The van der Waals surface area contributed by atoms with Gasteiger partial charge in [0.15, 0.2) is 0 Å². The van der Waals surface area contributed by atoms with Crippen molar-refractivity contribution in [3.05, 3.63) is 35.9 Å². The first-order chi connectivity index (χ1) is 15.1. The second-order valence-corrected chi connectivity index (χ2v) is 8.91. The Labute approximate surface area is 190 Å². The molecule has 0 aliphatic rings. The molecule has 1 aromatic carbocycles. The number of nitrogens with one attached hydrogen (secondary N) is 1. The van der Waals surface area contributed by atoms with Crippen molar-refractivity contribution in [3.8, 4) is 0 Å². The SMILES string of the molecule is CCCCCCCCCCCCCCCCCC(=O)N[C@@H](Cc1ccccc1)C(N)=O. The highest BCUT2D eigenvalue weighted by Crippen LogP contribution is 2.13. The molecular weight excluding hydrogens is 384 g/mol. The van der Waals surface area contributed by atoms with Crippen LogP contribution in [0.15, 0.2) is 30.3 Å². The first kappa shape index (κ1) is 27.2. The van der Waals surface area contributed by atoms with Crippen LogP contribution in [-0.2, 0) is 16.0 Å². The average Bonchev–Trinajstić information content (AvgIpc) is 2.76. The van der Waals surface area contributed by atoms with E-state index in [-0.39, 0.29) is 5.91 Å². The summed E-state index contributed by atoms with van der Waals surface area (Å²) in [5.41, 5.74) is 6.46. The van der Waals surface area contributed by atoms with Crippen LogP contribution in [0, 0.1) is 0 Å². The lowest BCUT2D eigenvalue weighted by Crippen LogP contribution is -2.45. The van der Waals surface area contributed by atoms with Crippen LogP contribution >= 0.6 is 0 Å². The van der Waals surface area contributed by atoms with Crippen molar-refractivity contribution in [2.24, 2.45) is 5.73 Å². The van der Waals surface area contributed by atoms with Crippen molar-refractivity contribution in [2.75, 3.05) is 0 Å². The Morgan fingerprint density at radius 3 is 1.65 bits per heavy atom. The van der Waals surface area contributed by atoms with Crippen molar-refractivity contribution >= 4 is 11.8 Å². The van der Waals surface area contributed by atoms with E-state index in [2.05, 4.69) is 12.2 Å². The minimum atomic E-state index is -0.633. The standard InChI is InChI=1S/C27H46N2O2/c1-2-3-4-5-6-7-8-9-10-11-12-13-14-15-19-22-26(30)29-25(27(28)31)23-24-20-17-16-18-21-24/h16-18,20-21,25H,2-15,19,22-23H2,1H3,(H2,28,31)(H,29,30)/t25-/m0/s1. The van der Waals surface area contributed by atoms with Crippen LogP contribution in [0.1, 0.15) is 115 Å². The fourth-order valence-corrected chi connectivity index (χ4v) is 4.00. The molecule has 2 amide bonds. The predicted octanol–water partition coefficient (Wildman–Crippen LogP) is 6.46. The van der Waals surface area contributed by atoms with E-state index in [9.17, 15) is 9.59 Å². The second kappa shape index (κ2) is 18.9. The van der Waals surface area contributed by atoms with E-state index in [0.29, 0.717) is 12.8 Å². The van der Waals surface area contributed by atoms with Crippen molar-refractivity contribution in [2.45, 2.75) is 122 Å². The molecule has 0 bridgehead atoms. The van der Waals surface area contributed by atoms with Gasteiger partial charge in [0.1, 0.15) is 6.04 Å². The number of unbranched alkanes of at least 4 members (excludes halogenated alkanes) is 14. The number of nitrogens with two attached hydrogens (primary N) is 1. The summed E-state index contributed by atoms with van der Waals surface area (Å²) in [4.78, 5) is 23.8. The van der Waals surface area contributed by atoms with E-state index in [0.717, 1.165) is 18.4 Å². The third-order valence-electron chi connectivity index (χ3n) is 5.97. The van der Waals surface area contributed by atoms with Crippen LogP contribution in [0.25, 0.3) is 0 Å². The Morgan fingerprint density at radius 1 is 0.742 bits per heavy atom. The normalized spacial score (nSPS) is 11.9. The highest BCUT2D eigenvalue weighted by atomic mass is 16.2. The number of carbonyl (C=O) groups is 2. The van der Waals surface area contributed by atoms with Crippen LogP contribution in [0.2, 0.25) is 0 Å². The summed E-state index contributed by atoms with van der Waals surface area (Å²) < 4.78 is 0. The highest BCUT2D eigenvalue weighted by molar-refractivity contribution is 5.86. The molecule has 0 aromatic heterocycles. The van der Waals surface area contributed by atoms with Crippen LogP contribution in [-0.4, -0.2) is 17.9 Å². The van der Waals surface area contributed by atoms with Crippen LogP contribution in [0.3, 0.4) is 0 Å². The molecule has 0 heterocycles. The molecule has 0 spiro atoms. The topological polar surface area (TPSA) is 72.2 Å². The lowest BCUT2D eigenvalue weighted by molar-refractivity contribution is -0.127. The lowest BCUT2D eigenvalue weighted by Gasteiger charge is -2.15. The summed E-state index contributed by atoms with van der Waals surface area (Å²) >= 11 is 0. The van der Waals surface area contributed by atoms with Gasteiger partial charge in [-0.15, -0.1) is 0 Å². The Kier molecular flexibility index (Phi) is 16.6. The molecule has 4 nitrogen and oxygen atoms in total. The van der Waals surface area contributed by atoms with Crippen LogP contribution in [0.5, 0.6) is 0 Å². The van der Waals surface area contributed by atoms with Gasteiger partial charge in [0.25, 0.3) is 0 Å². The monoisotopic (exact) mass is 430 g/mol. The molecule has 0 fully saturated rings. The summed E-state index contributed by atoms with van der Waals surface area (Å²) in [6.45, 7) is 2.27. The molecule has 4 heteroatoms. The van der Waals surface area contributed by atoms with Gasteiger partial charge < -0.3 is 11.1 Å². The number of hydrogen-bond donors (Lipinski definition) is 2. The fourth-order valence-electron chi connectivity index (χ4n) is 4.00. The van der Waals surface area contributed by atoms with E-state index in [1.807, 2.05) is 30.3 Å². The highest BCUT2D eigenvalue weighted by Gasteiger charge is 2.18. The molecule has 0 saturated heterocycles. The molecule has 1 rings (SSSR count). The first-order valence-corrected chi connectivity index (χ1v) is 12.8. The summed E-state index contributed by atoms with van der Waals surface area (Å²) in [6, 6.07) is 9.02. The summed E-state index contributed by atoms with van der Waals surface area (Å²) in [6.07, 6.45) is 20.5. The number of hydrogen-bond acceptors (Lipinski definition) is 2. The maximum atomic E-state index is 12.2. The molecule has 0 saturated carbocycles. The van der Waals surface area contributed by atoms with Crippen molar-refractivity contribution in [3.63, 3.8) is 0 Å². The zero-order valence-electron chi connectivity index (χ0n) is 19.9. The van der Waals surface area contributed by atoms with Gasteiger partial charge in [0, 0.05) is 12.8 Å². The molecule has 1 atom stereocenters. The Bertz CT molecular complexity index is 574. The smallest absolute Gasteiger partial charge is 0.240 e. The largest absolute Gasteiger partial charge is 0.368 e. The molecule has 0 unspecified atom stereocenters. The van der Waals surface area contributed by atoms with Gasteiger partial charge in [0.2, 0.25) is 11.8 Å². The van der Waals surface area contributed by atoms with Gasteiger partial charge in [0.05, 0.1) is 0 Å². The Hall–Kier alpha value is -1.84. The molecule has 0 radical (unpaired) electrons. The molecule has 31 heavy (non-hydrogen) atoms. The van der Waals surface area contributed by atoms with Gasteiger partial charge in [-0.2, -0.15) is 0 Å². The third-order valence-corrected chi connectivity index (χ3v) is 5.97. The summed E-state index contributed by atoms with van der Waals surface area (Å²) in [5.74, 6) is -0.553. The van der Waals surface area contributed by atoms with Crippen LogP contribution < -0.4 is 11.1 Å². The minimum Gasteiger partial charge on any atom is -0.368 e. The van der Waals surface area contributed by atoms with E-state index < -0.39 is 11.9 Å². The van der Waals surface area contributed by atoms with Crippen molar-refractivity contribution in [1.82, 2.24) is 5.32 Å². The van der Waals surface area contributed by atoms with Crippen LogP contribution in [0.4, 0.5) is 0 Å². The van der Waals surface area contributed by atoms with E-state index in [1.165, 1.54) is 83.5 Å². The van der Waals surface area contributed by atoms with Crippen molar-refractivity contribution in [1.29, 1.82) is 0 Å². The molecule has 1 aromatic rings. The minimum absolute atomic E-state index is 0.0746. The molecular formula is C27H46N2O2. The molecule has 0 aliphatic carbocycles.